The van der Waals surface area contributed by atoms with Crippen LogP contribution in [0.5, 0.6) is 0 Å². The highest BCUT2D eigenvalue weighted by Gasteiger charge is 2.27. The average Bonchev–Trinajstić information content (AvgIpc) is 2.31. The van der Waals surface area contributed by atoms with E-state index < -0.39 is 0 Å². The fourth-order valence-electron chi connectivity index (χ4n) is 2.16. The molecule has 1 heterocycles. The summed E-state index contributed by atoms with van der Waals surface area (Å²) in [5.74, 6) is 0. The van der Waals surface area contributed by atoms with E-state index in [1.807, 2.05) is 0 Å². The third kappa shape index (κ3) is 11.3. The van der Waals surface area contributed by atoms with Crippen molar-refractivity contribution in [1.29, 1.82) is 0 Å². The van der Waals surface area contributed by atoms with Gasteiger partial charge in [-0.1, -0.05) is 12.2 Å². The monoisotopic (exact) mass is 317 g/mol. The minimum Gasteiger partial charge on any atom is -0.303 e. The first kappa shape index (κ1) is 19.5. The molecule has 0 amide bonds. The van der Waals surface area contributed by atoms with Crippen molar-refractivity contribution in [3.63, 3.8) is 0 Å². The first-order valence-electron chi connectivity index (χ1n) is 7.01. The molecule has 0 radical (unpaired) electrons. The van der Waals surface area contributed by atoms with Gasteiger partial charge in [0.2, 0.25) is 0 Å². The van der Waals surface area contributed by atoms with Gasteiger partial charge >= 0.3 is 0 Å². The lowest BCUT2D eigenvalue weighted by atomic mass is 9.89. The molecule has 3 nitrogen and oxygen atoms in total. The number of unbranched alkanes of at least 4 members (excludes halogenated alkanes) is 3. The molecule has 1 aliphatic rings. The highest BCUT2D eigenvalue weighted by atomic mass is 32.1. The fourth-order valence-corrected chi connectivity index (χ4v) is 2.69. The summed E-state index contributed by atoms with van der Waals surface area (Å²) in [7, 11) is 0. The van der Waals surface area contributed by atoms with Gasteiger partial charge in [-0.25, -0.2) is 8.42 Å². The normalized spacial score (nSPS) is 18.4. The van der Waals surface area contributed by atoms with E-state index in [9.17, 15) is 8.42 Å². The van der Waals surface area contributed by atoms with Gasteiger partial charge in [0.05, 0.1) is 22.5 Å². The molecule has 0 atom stereocenters. The molecule has 0 aromatic heterocycles. The van der Waals surface area contributed by atoms with Gasteiger partial charge in [0.1, 0.15) is 0 Å². The molecule has 116 valence electrons. The number of hydrogen-bond donors (Lipinski definition) is 1. The lowest BCUT2D eigenvalue weighted by molar-refractivity contribution is 0.291. The van der Waals surface area contributed by atoms with Crippen LogP contribution in [0.4, 0.5) is 0 Å². The molecule has 0 bridgehead atoms. The van der Waals surface area contributed by atoms with Crippen LogP contribution in [0.15, 0.2) is 12.2 Å². The van der Waals surface area contributed by atoms with Crippen molar-refractivity contribution in [3.05, 3.63) is 12.2 Å². The topological polar surface area (TPSA) is 46.2 Å². The summed E-state index contributed by atoms with van der Waals surface area (Å²) in [4.78, 5) is 0. The third-order valence-corrected chi connectivity index (χ3v) is 3.60. The number of nitrogens with one attached hydrogen (secondary N) is 1. The minimum atomic E-state index is 0.182. The molecule has 0 spiro atoms. The lowest BCUT2D eigenvalue weighted by Gasteiger charge is -2.38. The van der Waals surface area contributed by atoms with Crippen LogP contribution in [-0.4, -0.2) is 30.2 Å². The standard InChI is InChI=1S/C9H17N.C6H10O2S2/c1-8(2)6-5-7-9(3,4)10-8;7-9-5-3-1-2-4-6-10-8/h5-6,10H,7H2,1-4H3;5-6H,1-4H2. The molecular weight excluding hydrogens is 290 g/mol. The van der Waals surface area contributed by atoms with Crippen molar-refractivity contribution in [2.45, 2.75) is 70.9 Å². The van der Waals surface area contributed by atoms with E-state index in [-0.39, 0.29) is 11.1 Å². The van der Waals surface area contributed by atoms with Gasteiger partial charge in [-0.15, -0.1) is 0 Å². The first-order valence-corrected chi connectivity index (χ1v) is 8.61. The summed E-state index contributed by atoms with van der Waals surface area (Å²) in [6.45, 7) is 8.87. The molecule has 5 heteroatoms. The van der Waals surface area contributed by atoms with Gasteiger partial charge in [0.25, 0.3) is 0 Å². The van der Waals surface area contributed by atoms with Crippen LogP contribution in [-0.2, 0) is 22.5 Å². The van der Waals surface area contributed by atoms with Crippen molar-refractivity contribution in [3.8, 4) is 0 Å². The Morgan fingerprint density at radius 1 is 1.05 bits per heavy atom. The highest BCUT2D eigenvalue weighted by Crippen LogP contribution is 2.21. The Labute approximate surface area is 130 Å². The summed E-state index contributed by atoms with van der Waals surface area (Å²) < 4.78 is 19.6. The molecule has 0 unspecified atom stereocenters. The van der Waals surface area contributed by atoms with Crippen molar-refractivity contribution in [2.75, 3.05) is 0 Å². The second-order valence-electron chi connectivity index (χ2n) is 6.15. The van der Waals surface area contributed by atoms with Crippen LogP contribution in [0, 0.1) is 0 Å². The van der Waals surface area contributed by atoms with E-state index in [0.717, 1.165) is 32.1 Å². The zero-order valence-electron chi connectivity index (χ0n) is 13.0. The Morgan fingerprint density at radius 2 is 1.55 bits per heavy atom. The Bertz CT molecular complexity index is 384. The van der Waals surface area contributed by atoms with Gasteiger partial charge in [0, 0.05) is 21.8 Å². The van der Waals surface area contributed by atoms with E-state index in [0.29, 0.717) is 22.5 Å². The largest absolute Gasteiger partial charge is 0.303 e. The highest BCUT2D eigenvalue weighted by molar-refractivity contribution is 7.65. The molecule has 0 aliphatic carbocycles. The van der Waals surface area contributed by atoms with E-state index in [2.05, 4.69) is 45.2 Å². The summed E-state index contributed by atoms with van der Waals surface area (Å²) in [5, 5.41) is 6.83. The van der Waals surface area contributed by atoms with Crippen molar-refractivity contribution in [2.24, 2.45) is 0 Å². The molecule has 1 aliphatic heterocycles. The zero-order valence-corrected chi connectivity index (χ0v) is 14.6. The predicted octanol–water partition coefficient (Wildman–Crippen LogP) is 2.67. The molecule has 1 N–H and O–H groups in total. The maximum absolute atomic E-state index is 9.82. The third-order valence-electron chi connectivity index (χ3n) is 2.85. The van der Waals surface area contributed by atoms with Gasteiger partial charge < -0.3 is 5.32 Å². The lowest BCUT2D eigenvalue weighted by Crippen LogP contribution is -2.52. The molecule has 1 rings (SSSR count). The molecule has 0 saturated heterocycles. The van der Waals surface area contributed by atoms with Crippen LogP contribution < -0.4 is 5.32 Å². The molecule has 0 aromatic carbocycles. The van der Waals surface area contributed by atoms with Crippen molar-refractivity contribution >= 4 is 33.2 Å². The second-order valence-corrected chi connectivity index (χ2v) is 7.20. The average molecular weight is 318 g/mol. The van der Waals surface area contributed by atoms with Gasteiger partial charge in [0.15, 0.2) is 0 Å². The van der Waals surface area contributed by atoms with Crippen LogP contribution >= 0.6 is 0 Å². The summed E-state index contributed by atoms with van der Waals surface area (Å²) >= 11 is 1.03. The number of rotatable bonds is 5. The smallest absolute Gasteiger partial charge is 0.0841 e. The Balaban J connectivity index is 0.000000361. The van der Waals surface area contributed by atoms with Crippen molar-refractivity contribution in [1.82, 2.24) is 5.32 Å². The van der Waals surface area contributed by atoms with E-state index in [4.69, 9.17) is 0 Å². The first-order chi connectivity index (χ1) is 9.33. The zero-order chi connectivity index (χ0) is 15.5. The maximum Gasteiger partial charge on any atom is 0.0841 e. The predicted molar refractivity (Wildman–Crippen MR) is 91.9 cm³/mol. The summed E-state index contributed by atoms with van der Waals surface area (Å²) in [6.07, 6.45) is 9.35. The minimum absolute atomic E-state index is 0.182. The summed E-state index contributed by atoms with van der Waals surface area (Å²) in [5.41, 5.74) is 0.458. The quantitative estimate of drug-likeness (QED) is 0.482. The molecule has 20 heavy (non-hydrogen) atoms. The van der Waals surface area contributed by atoms with E-state index in [1.165, 1.54) is 0 Å². The Kier molecular flexibility index (Phi) is 9.98. The Hall–Kier alpha value is -0.520. The fraction of sp³-hybridized carbons (Fsp3) is 0.733. The van der Waals surface area contributed by atoms with Gasteiger partial charge in [-0.2, -0.15) is 0 Å². The molecule has 0 saturated carbocycles. The van der Waals surface area contributed by atoms with Gasteiger partial charge in [-0.05, 0) is 59.8 Å². The molecule has 0 aromatic rings. The summed E-state index contributed by atoms with van der Waals surface area (Å²) in [6, 6.07) is 0. The van der Waals surface area contributed by atoms with Crippen molar-refractivity contribution < 1.29 is 8.42 Å². The van der Waals surface area contributed by atoms with Crippen LogP contribution in [0.2, 0.25) is 0 Å². The van der Waals surface area contributed by atoms with E-state index >= 15 is 0 Å². The second kappa shape index (κ2) is 10.2. The van der Waals surface area contributed by atoms with Gasteiger partial charge in [-0.3, -0.25) is 0 Å². The van der Waals surface area contributed by atoms with Crippen LogP contribution in [0.25, 0.3) is 0 Å². The van der Waals surface area contributed by atoms with Crippen LogP contribution in [0.1, 0.15) is 59.8 Å². The maximum atomic E-state index is 9.82. The molecular formula is C15H27NO2S2. The SMILES string of the molecule is CC1(C)C=CCC(C)(C)N1.O=S=CCCCCC=S=O. The number of hydrogen-bond acceptors (Lipinski definition) is 3. The van der Waals surface area contributed by atoms with Crippen LogP contribution in [0.3, 0.4) is 0 Å². The molecule has 0 fully saturated rings. The van der Waals surface area contributed by atoms with E-state index in [1.54, 1.807) is 10.7 Å². The Morgan fingerprint density at radius 3 is 1.85 bits per heavy atom.